The molecule has 204 valence electrons. The topological polar surface area (TPSA) is 105 Å². The Morgan fingerprint density at radius 2 is 1.55 bits per heavy atom. The third-order valence-corrected chi connectivity index (χ3v) is 5.97. The quantitative estimate of drug-likeness (QED) is 0.217. The number of hydrogen-bond donors (Lipinski definition) is 3. The summed E-state index contributed by atoms with van der Waals surface area (Å²) in [5.41, 5.74) is 1.75. The lowest BCUT2D eigenvalue weighted by atomic mass is 9.96. The molecule has 8 heteroatoms. The fourth-order valence-corrected chi connectivity index (χ4v) is 4.01. The molecular weight excluding hydrogens is 487 g/mol. The maximum absolute atomic E-state index is 13.3. The molecule has 0 fully saturated rings. The van der Waals surface area contributed by atoms with E-state index in [0.717, 1.165) is 11.1 Å². The van der Waals surface area contributed by atoms with Gasteiger partial charge in [0.25, 0.3) is 0 Å². The van der Waals surface area contributed by atoms with E-state index in [-0.39, 0.29) is 50.2 Å². The van der Waals surface area contributed by atoms with Crippen molar-refractivity contribution >= 4 is 17.8 Å². The van der Waals surface area contributed by atoms with E-state index in [9.17, 15) is 18.8 Å². The standard InChI is InChI=1S/C30H37FN2O5/c1-3-8-24(20-28(35)32-16-17-34)29(36)33-27(19-22-10-6-5-7-11-22)21-38-30(37)25(9-4-2)18-23-12-14-26(31)15-13-23/h3-7,10-15,24-25,27,34H,1-2,8-9,16-21H2,(H,32,35)(H,33,36)/t24-,25+,27-/m1/s1. The first kappa shape index (κ1) is 30.4. The van der Waals surface area contributed by atoms with Crippen molar-refractivity contribution in [2.24, 2.45) is 11.8 Å². The number of aliphatic hydroxyl groups excluding tert-OH is 1. The van der Waals surface area contributed by atoms with Gasteiger partial charge < -0.3 is 20.5 Å². The molecule has 2 rings (SSSR count). The van der Waals surface area contributed by atoms with Crippen molar-refractivity contribution in [1.29, 1.82) is 0 Å². The van der Waals surface area contributed by atoms with Crippen LogP contribution in [0.3, 0.4) is 0 Å². The second-order valence-electron chi connectivity index (χ2n) is 9.08. The fourth-order valence-electron chi connectivity index (χ4n) is 4.01. The van der Waals surface area contributed by atoms with E-state index in [1.54, 1.807) is 24.3 Å². The third kappa shape index (κ3) is 11.1. The Morgan fingerprint density at radius 1 is 0.921 bits per heavy atom. The Bertz CT molecular complexity index is 1040. The van der Waals surface area contributed by atoms with Crippen LogP contribution in [0.1, 0.15) is 30.4 Å². The van der Waals surface area contributed by atoms with Crippen molar-refractivity contribution in [2.45, 2.75) is 38.1 Å². The normalized spacial score (nSPS) is 13.0. The summed E-state index contributed by atoms with van der Waals surface area (Å²) in [4.78, 5) is 38.3. The zero-order valence-corrected chi connectivity index (χ0v) is 21.6. The van der Waals surface area contributed by atoms with Gasteiger partial charge in [-0.15, -0.1) is 13.2 Å². The molecule has 0 aliphatic carbocycles. The highest BCUT2D eigenvalue weighted by Crippen LogP contribution is 2.17. The summed E-state index contributed by atoms with van der Waals surface area (Å²) in [6, 6.07) is 14.9. The van der Waals surface area contributed by atoms with Crippen LogP contribution in [0.4, 0.5) is 4.39 Å². The van der Waals surface area contributed by atoms with Gasteiger partial charge in [0.15, 0.2) is 0 Å². The minimum absolute atomic E-state index is 0.0607. The molecule has 3 N–H and O–H groups in total. The number of carbonyl (C=O) groups is 3. The summed E-state index contributed by atoms with van der Waals surface area (Å²) in [5.74, 6) is -2.65. The lowest BCUT2D eigenvalue weighted by Gasteiger charge is -2.23. The molecule has 38 heavy (non-hydrogen) atoms. The van der Waals surface area contributed by atoms with E-state index in [2.05, 4.69) is 23.8 Å². The number of hydrogen-bond acceptors (Lipinski definition) is 5. The average Bonchev–Trinajstić information content (AvgIpc) is 2.91. The second kappa shape index (κ2) is 16.9. The molecular formula is C30H37FN2O5. The predicted octanol–water partition coefficient (Wildman–Crippen LogP) is 3.52. The van der Waals surface area contributed by atoms with Crippen LogP contribution in [0.5, 0.6) is 0 Å². The van der Waals surface area contributed by atoms with Gasteiger partial charge in [0.1, 0.15) is 12.4 Å². The highest BCUT2D eigenvalue weighted by atomic mass is 19.1. The van der Waals surface area contributed by atoms with Gasteiger partial charge in [0.05, 0.1) is 24.5 Å². The summed E-state index contributed by atoms with van der Waals surface area (Å²) in [6.45, 7) is 7.27. The molecule has 0 radical (unpaired) electrons. The summed E-state index contributed by atoms with van der Waals surface area (Å²) in [7, 11) is 0. The molecule has 3 atom stereocenters. The monoisotopic (exact) mass is 524 g/mol. The van der Waals surface area contributed by atoms with Crippen molar-refractivity contribution in [1.82, 2.24) is 10.6 Å². The summed E-state index contributed by atoms with van der Waals surface area (Å²) in [5, 5.41) is 14.4. The van der Waals surface area contributed by atoms with Crippen LogP contribution >= 0.6 is 0 Å². The number of esters is 1. The van der Waals surface area contributed by atoms with E-state index in [4.69, 9.17) is 9.84 Å². The number of amides is 2. The fraction of sp³-hybridized carbons (Fsp3) is 0.367. The van der Waals surface area contributed by atoms with Gasteiger partial charge in [-0.3, -0.25) is 14.4 Å². The Labute approximate surface area is 223 Å². The van der Waals surface area contributed by atoms with E-state index in [0.29, 0.717) is 19.3 Å². The number of carbonyl (C=O) groups excluding carboxylic acids is 3. The Morgan fingerprint density at radius 3 is 2.18 bits per heavy atom. The molecule has 0 heterocycles. The number of ether oxygens (including phenoxy) is 1. The van der Waals surface area contributed by atoms with Crippen LogP contribution in [-0.4, -0.2) is 48.7 Å². The lowest BCUT2D eigenvalue weighted by molar-refractivity contribution is -0.149. The Balaban J connectivity index is 2.10. The maximum atomic E-state index is 13.3. The van der Waals surface area contributed by atoms with E-state index in [1.807, 2.05) is 30.3 Å². The van der Waals surface area contributed by atoms with Gasteiger partial charge in [0, 0.05) is 13.0 Å². The minimum Gasteiger partial charge on any atom is -0.463 e. The molecule has 0 spiro atoms. The molecule has 0 aromatic heterocycles. The van der Waals surface area contributed by atoms with Crippen LogP contribution in [0.2, 0.25) is 0 Å². The number of rotatable bonds is 17. The Hall–Kier alpha value is -3.78. The first-order valence-corrected chi connectivity index (χ1v) is 12.7. The zero-order valence-electron chi connectivity index (χ0n) is 21.6. The summed E-state index contributed by atoms with van der Waals surface area (Å²) in [6.07, 6.45) is 4.61. The largest absolute Gasteiger partial charge is 0.463 e. The van der Waals surface area contributed by atoms with Crippen molar-refractivity contribution in [2.75, 3.05) is 19.8 Å². The van der Waals surface area contributed by atoms with Gasteiger partial charge in [-0.05, 0) is 48.9 Å². The van der Waals surface area contributed by atoms with Gasteiger partial charge in [0.2, 0.25) is 11.8 Å². The molecule has 2 aromatic carbocycles. The van der Waals surface area contributed by atoms with Crippen molar-refractivity contribution < 1.29 is 28.6 Å². The molecule has 2 amide bonds. The first-order valence-electron chi connectivity index (χ1n) is 12.7. The number of halogens is 1. The summed E-state index contributed by atoms with van der Waals surface area (Å²) >= 11 is 0. The SMILES string of the molecule is C=CC[C@H](CC(=O)NCCO)C(=O)N[C@@H](COC(=O)[C@@H](CC=C)Cc1ccc(F)cc1)Cc1ccccc1. The maximum Gasteiger partial charge on any atom is 0.309 e. The molecule has 2 aromatic rings. The summed E-state index contributed by atoms with van der Waals surface area (Å²) < 4.78 is 18.9. The lowest BCUT2D eigenvalue weighted by Crippen LogP contribution is -2.44. The number of allylic oxidation sites excluding steroid dienone is 2. The number of nitrogens with one attached hydrogen (secondary N) is 2. The van der Waals surface area contributed by atoms with Crippen LogP contribution in [0, 0.1) is 17.7 Å². The van der Waals surface area contributed by atoms with E-state index in [1.165, 1.54) is 12.1 Å². The molecule has 0 aliphatic heterocycles. The van der Waals surface area contributed by atoms with Crippen LogP contribution < -0.4 is 10.6 Å². The smallest absolute Gasteiger partial charge is 0.309 e. The van der Waals surface area contributed by atoms with Gasteiger partial charge in [-0.25, -0.2) is 4.39 Å². The highest BCUT2D eigenvalue weighted by molar-refractivity contribution is 5.86. The molecule has 0 aliphatic rings. The van der Waals surface area contributed by atoms with Crippen molar-refractivity contribution in [3.8, 4) is 0 Å². The van der Waals surface area contributed by atoms with Crippen LogP contribution in [0.25, 0.3) is 0 Å². The van der Waals surface area contributed by atoms with Crippen LogP contribution in [-0.2, 0) is 32.0 Å². The molecule has 7 nitrogen and oxygen atoms in total. The molecule has 0 bridgehead atoms. The van der Waals surface area contributed by atoms with E-state index < -0.39 is 23.8 Å². The van der Waals surface area contributed by atoms with Gasteiger partial charge in [-0.1, -0.05) is 54.6 Å². The van der Waals surface area contributed by atoms with Crippen molar-refractivity contribution in [3.05, 3.63) is 96.9 Å². The first-order chi connectivity index (χ1) is 18.4. The predicted molar refractivity (Wildman–Crippen MR) is 144 cm³/mol. The molecule has 0 saturated heterocycles. The second-order valence-corrected chi connectivity index (χ2v) is 9.08. The molecule has 0 saturated carbocycles. The minimum atomic E-state index is -0.660. The highest BCUT2D eigenvalue weighted by Gasteiger charge is 2.26. The third-order valence-electron chi connectivity index (χ3n) is 5.97. The number of benzene rings is 2. The van der Waals surface area contributed by atoms with Gasteiger partial charge >= 0.3 is 5.97 Å². The number of aliphatic hydroxyl groups is 1. The van der Waals surface area contributed by atoms with Crippen LogP contribution in [0.15, 0.2) is 79.9 Å². The van der Waals surface area contributed by atoms with E-state index >= 15 is 0 Å². The van der Waals surface area contributed by atoms with Gasteiger partial charge in [-0.2, -0.15) is 0 Å². The molecule has 0 unspecified atom stereocenters. The Kier molecular flexibility index (Phi) is 13.5. The average molecular weight is 525 g/mol. The zero-order chi connectivity index (χ0) is 27.8. The van der Waals surface area contributed by atoms with Crippen molar-refractivity contribution in [3.63, 3.8) is 0 Å².